The number of H-pyrrole nitrogens is 1. The zero-order chi connectivity index (χ0) is 24.3. The lowest BCUT2D eigenvalue weighted by molar-refractivity contribution is 0.112. The van der Waals surface area contributed by atoms with E-state index in [1.807, 2.05) is 50.3 Å². The SMILES string of the molecule is C=C(C)/C=C\C=C(/C)c1nc[nH]c1-c1ccc2nccc(C=O)c2c1.COC[C@H]1CCCCN1. The van der Waals surface area contributed by atoms with Crippen molar-refractivity contribution in [1.82, 2.24) is 20.3 Å². The fourth-order valence-electron chi connectivity index (χ4n) is 3.94. The molecular weight excluding hydrogens is 424 g/mol. The smallest absolute Gasteiger partial charge is 0.150 e. The van der Waals surface area contributed by atoms with Gasteiger partial charge in [0, 0.05) is 35.9 Å². The van der Waals surface area contributed by atoms with Gasteiger partial charge >= 0.3 is 0 Å². The standard InChI is InChI=1S/C21H19N3O.C7H15NO/c1-14(2)5-4-6-15(3)20-21(24-13-23-20)16-7-8-19-18(11-16)17(12-25)9-10-22-19;1-9-6-7-4-2-3-5-8-7/h4-13H,1H2,2-3H3,(H,23,24);7-8H,2-6H2,1H3/b5-4-,15-6+;/t;7-/m.1/s1. The second-order valence-corrected chi connectivity index (χ2v) is 8.53. The summed E-state index contributed by atoms with van der Waals surface area (Å²) in [6, 6.07) is 8.23. The van der Waals surface area contributed by atoms with Crippen molar-refractivity contribution in [2.24, 2.45) is 0 Å². The number of rotatable bonds is 7. The van der Waals surface area contributed by atoms with Gasteiger partial charge in [0.25, 0.3) is 0 Å². The molecule has 1 atom stereocenters. The minimum absolute atomic E-state index is 0.628. The van der Waals surface area contributed by atoms with E-state index in [9.17, 15) is 4.79 Å². The van der Waals surface area contributed by atoms with Crippen molar-refractivity contribution in [1.29, 1.82) is 0 Å². The number of fused-ring (bicyclic) bond motifs is 1. The Kier molecular flexibility index (Phi) is 9.50. The van der Waals surface area contributed by atoms with Crippen molar-refractivity contribution in [2.45, 2.75) is 39.2 Å². The summed E-state index contributed by atoms with van der Waals surface area (Å²) in [7, 11) is 1.76. The van der Waals surface area contributed by atoms with Crippen LogP contribution in [0.4, 0.5) is 0 Å². The molecule has 1 saturated heterocycles. The van der Waals surface area contributed by atoms with Gasteiger partial charge in [-0.25, -0.2) is 4.98 Å². The Balaban J connectivity index is 0.000000302. The maximum atomic E-state index is 11.3. The molecule has 6 heteroatoms. The number of hydrogen-bond donors (Lipinski definition) is 2. The minimum Gasteiger partial charge on any atom is -0.383 e. The average molecular weight is 459 g/mol. The topological polar surface area (TPSA) is 79.9 Å². The first-order valence-electron chi connectivity index (χ1n) is 11.6. The predicted molar refractivity (Wildman–Crippen MR) is 140 cm³/mol. The molecule has 3 heterocycles. The largest absolute Gasteiger partial charge is 0.383 e. The van der Waals surface area contributed by atoms with Crippen LogP contribution in [0.5, 0.6) is 0 Å². The number of benzene rings is 1. The Bertz CT molecular complexity index is 1170. The number of pyridine rings is 1. The number of nitrogens with zero attached hydrogens (tertiary/aromatic N) is 2. The van der Waals surface area contributed by atoms with E-state index in [0.29, 0.717) is 11.6 Å². The molecule has 0 unspecified atom stereocenters. The van der Waals surface area contributed by atoms with Crippen molar-refractivity contribution in [2.75, 3.05) is 20.3 Å². The molecule has 3 aromatic rings. The van der Waals surface area contributed by atoms with Crippen molar-refractivity contribution in [3.05, 3.63) is 78.4 Å². The van der Waals surface area contributed by atoms with E-state index in [1.54, 1.807) is 25.7 Å². The Morgan fingerprint density at radius 2 is 2.09 bits per heavy atom. The zero-order valence-corrected chi connectivity index (χ0v) is 20.3. The number of aromatic amines is 1. The monoisotopic (exact) mass is 458 g/mol. The Morgan fingerprint density at radius 1 is 1.24 bits per heavy atom. The second kappa shape index (κ2) is 12.8. The highest BCUT2D eigenvalue weighted by Crippen LogP contribution is 2.29. The van der Waals surface area contributed by atoms with Gasteiger partial charge in [0.15, 0.2) is 6.29 Å². The van der Waals surface area contributed by atoms with Crippen LogP contribution in [0.15, 0.2) is 67.2 Å². The summed E-state index contributed by atoms with van der Waals surface area (Å²) in [6.07, 6.45) is 14.1. The molecule has 0 radical (unpaired) electrons. The first kappa shape index (κ1) is 25.3. The van der Waals surface area contributed by atoms with Crippen LogP contribution >= 0.6 is 0 Å². The molecule has 1 aliphatic heterocycles. The molecule has 1 aliphatic rings. The first-order valence-corrected chi connectivity index (χ1v) is 11.6. The summed E-state index contributed by atoms with van der Waals surface area (Å²) < 4.78 is 5.02. The summed E-state index contributed by atoms with van der Waals surface area (Å²) in [4.78, 5) is 23.3. The summed E-state index contributed by atoms with van der Waals surface area (Å²) in [5.41, 5.74) is 6.22. The molecule has 0 amide bonds. The highest BCUT2D eigenvalue weighted by molar-refractivity contribution is 5.98. The van der Waals surface area contributed by atoms with Gasteiger partial charge in [-0.1, -0.05) is 42.9 Å². The van der Waals surface area contributed by atoms with E-state index in [4.69, 9.17) is 4.74 Å². The van der Waals surface area contributed by atoms with E-state index < -0.39 is 0 Å². The normalized spacial score (nSPS) is 16.3. The molecule has 34 heavy (non-hydrogen) atoms. The van der Waals surface area contributed by atoms with E-state index >= 15 is 0 Å². The third-order valence-electron chi connectivity index (χ3n) is 5.71. The van der Waals surface area contributed by atoms with Gasteiger partial charge in [-0.15, -0.1) is 0 Å². The lowest BCUT2D eigenvalue weighted by atomic mass is 10.0. The number of aldehydes is 1. The number of imidazole rings is 1. The Hall–Kier alpha value is -3.35. The molecule has 6 nitrogen and oxygen atoms in total. The maximum absolute atomic E-state index is 11.3. The van der Waals surface area contributed by atoms with Crippen LogP contribution in [0.1, 0.15) is 49.2 Å². The van der Waals surface area contributed by atoms with Gasteiger partial charge in [-0.3, -0.25) is 9.78 Å². The van der Waals surface area contributed by atoms with Crippen LogP contribution in [0.3, 0.4) is 0 Å². The van der Waals surface area contributed by atoms with Crippen molar-refractivity contribution in [3.8, 4) is 11.3 Å². The average Bonchev–Trinajstić information content (AvgIpc) is 3.34. The summed E-state index contributed by atoms with van der Waals surface area (Å²) >= 11 is 0. The molecule has 4 rings (SSSR count). The number of methoxy groups -OCH3 is 1. The quantitative estimate of drug-likeness (QED) is 0.348. The van der Waals surface area contributed by atoms with Crippen LogP contribution in [-0.2, 0) is 4.74 Å². The number of ether oxygens (including phenoxy) is 1. The third kappa shape index (κ3) is 6.83. The number of hydrogen-bond acceptors (Lipinski definition) is 5. The molecule has 2 N–H and O–H groups in total. The molecule has 0 spiro atoms. The van der Waals surface area contributed by atoms with Crippen LogP contribution in [0.25, 0.3) is 27.7 Å². The van der Waals surface area contributed by atoms with E-state index in [-0.39, 0.29) is 0 Å². The number of piperidine rings is 1. The lowest BCUT2D eigenvalue weighted by Crippen LogP contribution is -2.37. The van der Waals surface area contributed by atoms with Gasteiger partial charge < -0.3 is 15.0 Å². The predicted octanol–water partition coefficient (Wildman–Crippen LogP) is 5.75. The van der Waals surface area contributed by atoms with Gasteiger partial charge in [0.2, 0.25) is 0 Å². The van der Waals surface area contributed by atoms with Crippen molar-refractivity contribution < 1.29 is 9.53 Å². The van der Waals surface area contributed by atoms with Crippen LogP contribution < -0.4 is 5.32 Å². The van der Waals surface area contributed by atoms with Crippen molar-refractivity contribution in [3.63, 3.8) is 0 Å². The highest BCUT2D eigenvalue weighted by atomic mass is 16.5. The van der Waals surface area contributed by atoms with Crippen molar-refractivity contribution >= 4 is 22.8 Å². The number of aromatic nitrogens is 3. The molecule has 178 valence electrons. The van der Waals surface area contributed by atoms with Crippen LogP contribution in [0, 0.1) is 0 Å². The number of carbonyl (C=O) groups is 1. The molecule has 0 saturated carbocycles. The molecular formula is C28H34N4O2. The van der Waals surface area contributed by atoms with Gasteiger partial charge in [0.05, 0.1) is 29.8 Å². The Labute approximate surface area is 201 Å². The summed E-state index contributed by atoms with van der Waals surface area (Å²) in [5.74, 6) is 0. The minimum atomic E-state index is 0.628. The lowest BCUT2D eigenvalue weighted by Gasteiger charge is -2.22. The number of carbonyl (C=O) groups excluding carboxylic acids is 1. The molecule has 2 aromatic heterocycles. The van der Waals surface area contributed by atoms with E-state index in [2.05, 4.69) is 26.8 Å². The fraction of sp³-hybridized carbons (Fsp3) is 0.321. The molecule has 0 aliphatic carbocycles. The van der Waals surface area contributed by atoms with E-state index in [1.165, 1.54) is 25.8 Å². The molecule has 1 aromatic carbocycles. The zero-order valence-electron chi connectivity index (χ0n) is 20.3. The van der Waals surface area contributed by atoms with Gasteiger partial charge in [0.1, 0.15) is 0 Å². The number of allylic oxidation sites excluding steroid dienone is 5. The van der Waals surface area contributed by atoms with Crippen LogP contribution in [-0.4, -0.2) is 47.5 Å². The maximum Gasteiger partial charge on any atom is 0.150 e. The third-order valence-corrected chi connectivity index (χ3v) is 5.71. The fourth-order valence-corrected chi connectivity index (χ4v) is 3.94. The van der Waals surface area contributed by atoms with Gasteiger partial charge in [-0.2, -0.15) is 0 Å². The first-order chi connectivity index (χ1) is 16.5. The van der Waals surface area contributed by atoms with Gasteiger partial charge in [-0.05, 0) is 57.0 Å². The van der Waals surface area contributed by atoms with Crippen LogP contribution in [0.2, 0.25) is 0 Å². The summed E-state index contributed by atoms with van der Waals surface area (Å²) in [5, 5.41) is 4.23. The molecule has 0 bridgehead atoms. The van der Waals surface area contributed by atoms with E-state index in [0.717, 1.165) is 51.9 Å². The molecule has 1 fully saturated rings. The highest BCUT2D eigenvalue weighted by Gasteiger charge is 2.12. The second-order valence-electron chi connectivity index (χ2n) is 8.53. The summed E-state index contributed by atoms with van der Waals surface area (Å²) in [6.45, 7) is 9.87. The number of nitrogens with one attached hydrogen (secondary N) is 2. The Morgan fingerprint density at radius 3 is 2.79 bits per heavy atom.